The van der Waals surface area contributed by atoms with Crippen LogP contribution in [0.25, 0.3) is 0 Å². The molecule has 0 bridgehead atoms. The molecule has 1 aliphatic heterocycles. The van der Waals surface area contributed by atoms with Gasteiger partial charge in [0, 0.05) is 32.0 Å². The molecule has 1 atom stereocenters. The van der Waals surface area contributed by atoms with Crippen molar-refractivity contribution in [3.63, 3.8) is 0 Å². The van der Waals surface area contributed by atoms with Crippen molar-refractivity contribution < 1.29 is 18.3 Å². The van der Waals surface area contributed by atoms with Gasteiger partial charge in [-0.25, -0.2) is 0 Å². The van der Waals surface area contributed by atoms with Gasteiger partial charge < -0.3 is 5.11 Å². The van der Waals surface area contributed by atoms with Crippen LogP contribution >= 0.6 is 0 Å². The SMILES string of the molecule is CCN(c1ccncc1)S(=O)(=O)N1CCCC(C(=O)O)C1. The summed E-state index contributed by atoms with van der Waals surface area (Å²) < 4.78 is 28.0. The van der Waals surface area contributed by atoms with Crippen LogP contribution in [0, 0.1) is 5.92 Å². The molecule has 1 unspecified atom stereocenters. The zero-order chi connectivity index (χ0) is 15.5. The normalized spacial score (nSPS) is 20.1. The second-order valence-electron chi connectivity index (χ2n) is 4.91. The number of carboxylic acid groups (broad SMARTS) is 1. The molecule has 0 aromatic carbocycles. The first-order valence-electron chi connectivity index (χ1n) is 6.87. The Hall–Kier alpha value is -1.67. The highest BCUT2D eigenvalue weighted by Crippen LogP contribution is 2.24. The number of aromatic nitrogens is 1. The Labute approximate surface area is 124 Å². The molecular formula is C13H19N3O4S. The van der Waals surface area contributed by atoms with Crippen LogP contribution in [0.3, 0.4) is 0 Å². The average Bonchev–Trinajstić information content (AvgIpc) is 2.49. The van der Waals surface area contributed by atoms with Crippen molar-refractivity contribution in [3.8, 4) is 0 Å². The first kappa shape index (κ1) is 15.7. The largest absolute Gasteiger partial charge is 0.481 e. The summed E-state index contributed by atoms with van der Waals surface area (Å²) in [5.41, 5.74) is 0.532. The van der Waals surface area contributed by atoms with Gasteiger partial charge in [0.05, 0.1) is 11.6 Å². The Morgan fingerprint density at radius 2 is 2.14 bits per heavy atom. The smallest absolute Gasteiger partial charge is 0.307 e. The molecule has 0 aliphatic carbocycles. The molecule has 1 aromatic heterocycles. The van der Waals surface area contributed by atoms with E-state index in [1.54, 1.807) is 19.1 Å². The molecule has 2 heterocycles. The molecule has 116 valence electrons. The van der Waals surface area contributed by atoms with Crippen LogP contribution in [0.1, 0.15) is 19.8 Å². The van der Waals surface area contributed by atoms with E-state index in [2.05, 4.69) is 4.98 Å². The molecule has 8 heteroatoms. The topological polar surface area (TPSA) is 90.8 Å². The maximum absolute atomic E-state index is 12.7. The van der Waals surface area contributed by atoms with Crippen LogP contribution in [0.15, 0.2) is 24.5 Å². The number of nitrogens with zero attached hydrogens (tertiary/aromatic N) is 3. The van der Waals surface area contributed by atoms with Crippen LogP contribution in [-0.4, -0.2) is 48.4 Å². The fourth-order valence-corrected chi connectivity index (χ4v) is 4.20. The Morgan fingerprint density at radius 1 is 1.48 bits per heavy atom. The van der Waals surface area contributed by atoms with Gasteiger partial charge >= 0.3 is 16.2 Å². The Kier molecular flexibility index (Phi) is 4.79. The minimum absolute atomic E-state index is 0.0270. The Morgan fingerprint density at radius 3 is 2.71 bits per heavy atom. The predicted molar refractivity (Wildman–Crippen MR) is 78.1 cm³/mol. The number of carboxylic acids is 1. The molecule has 0 spiro atoms. The summed E-state index contributed by atoms with van der Waals surface area (Å²) in [6.07, 6.45) is 4.14. The van der Waals surface area contributed by atoms with Gasteiger partial charge in [0.1, 0.15) is 0 Å². The number of rotatable bonds is 5. The number of pyridine rings is 1. The van der Waals surface area contributed by atoms with Gasteiger partial charge in [-0.3, -0.25) is 14.1 Å². The summed E-state index contributed by atoms with van der Waals surface area (Å²) in [5, 5.41) is 9.09. The lowest BCUT2D eigenvalue weighted by Gasteiger charge is -2.34. The van der Waals surface area contributed by atoms with Crippen LogP contribution in [0.2, 0.25) is 0 Å². The van der Waals surface area contributed by atoms with Crippen LogP contribution < -0.4 is 4.31 Å². The highest BCUT2D eigenvalue weighted by molar-refractivity contribution is 7.90. The zero-order valence-corrected chi connectivity index (χ0v) is 12.7. The highest BCUT2D eigenvalue weighted by Gasteiger charge is 2.35. The third-order valence-corrected chi connectivity index (χ3v) is 5.59. The van der Waals surface area contributed by atoms with Gasteiger partial charge in [-0.15, -0.1) is 0 Å². The lowest BCUT2D eigenvalue weighted by molar-refractivity contribution is -0.142. The molecular weight excluding hydrogens is 294 g/mol. The predicted octanol–water partition coefficient (Wildman–Crippen LogP) is 0.949. The minimum Gasteiger partial charge on any atom is -0.481 e. The van der Waals surface area contributed by atoms with Crippen molar-refractivity contribution in [1.82, 2.24) is 9.29 Å². The number of hydrogen-bond acceptors (Lipinski definition) is 4. The van der Waals surface area contributed by atoms with Crippen molar-refractivity contribution in [1.29, 1.82) is 0 Å². The second-order valence-corrected chi connectivity index (χ2v) is 6.77. The summed E-state index contributed by atoms with van der Waals surface area (Å²) in [4.78, 5) is 15.0. The summed E-state index contributed by atoms with van der Waals surface area (Å²) in [7, 11) is -3.72. The van der Waals surface area contributed by atoms with Gasteiger partial charge in [-0.05, 0) is 31.9 Å². The van der Waals surface area contributed by atoms with E-state index in [0.29, 0.717) is 25.1 Å². The van der Waals surface area contributed by atoms with E-state index in [1.165, 1.54) is 21.0 Å². The van der Waals surface area contributed by atoms with E-state index in [0.717, 1.165) is 0 Å². The molecule has 1 fully saturated rings. The van der Waals surface area contributed by atoms with E-state index >= 15 is 0 Å². The molecule has 0 radical (unpaired) electrons. The number of carbonyl (C=O) groups is 1. The Balaban J connectivity index is 2.25. The van der Waals surface area contributed by atoms with E-state index in [1.807, 2.05) is 0 Å². The van der Waals surface area contributed by atoms with Crippen LogP contribution in [0.5, 0.6) is 0 Å². The molecule has 2 rings (SSSR count). The summed E-state index contributed by atoms with van der Waals surface area (Å²) in [5.74, 6) is -1.58. The van der Waals surface area contributed by atoms with Gasteiger partial charge in [0.15, 0.2) is 0 Å². The Bertz CT molecular complexity index is 591. The van der Waals surface area contributed by atoms with Gasteiger partial charge in [-0.2, -0.15) is 12.7 Å². The molecule has 0 saturated carbocycles. The van der Waals surface area contributed by atoms with Crippen molar-refractivity contribution in [2.45, 2.75) is 19.8 Å². The molecule has 21 heavy (non-hydrogen) atoms. The third-order valence-electron chi connectivity index (χ3n) is 3.58. The van der Waals surface area contributed by atoms with Crippen LogP contribution in [0.4, 0.5) is 5.69 Å². The first-order valence-corrected chi connectivity index (χ1v) is 8.27. The third kappa shape index (κ3) is 3.33. The molecule has 1 aromatic rings. The maximum atomic E-state index is 12.7. The van der Waals surface area contributed by atoms with E-state index in [4.69, 9.17) is 5.11 Å². The molecule has 1 aliphatic rings. The first-order chi connectivity index (χ1) is 9.96. The minimum atomic E-state index is -3.72. The number of hydrogen-bond donors (Lipinski definition) is 1. The summed E-state index contributed by atoms with van der Waals surface area (Å²) in [6.45, 7) is 2.41. The molecule has 7 nitrogen and oxygen atoms in total. The lowest BCUT2D eigenvalue weighted by Crippen LogP contribution is -2.49. The summed E-state index contributed by atoms with van der Waals surface area (Å²) in [6, 6.07) is 3.25. The van der Waals surface area contributed by atoms with Crippen molar-refractivity contribution in [2.75, 3.05) is 23.9 Å². The van der Waals surface area contributed by atoms with E-state index in [9.17, 15) is 13.2 Å². The molecule has 1 N–H and O–H groups in total. The number of aliphatic carboxylic acids is 1. The quantitative estimate of drug-likeness (QED) is 0.874. The molecule has 1 saturated heterocycles. The average molecular weight is 313 g/mol. The standard InChI is InChI=1S/C13H19N3O4S/c1-2-16(12-5-7-14-8-6-12)21(19,20)15-9-3-4-11(10-15)13(17)18/h5-8,11H,2-4,9-10H2,1H3,(H,17,18). The fraction of sp³-hybridized carbons (Fsp3) is 0.538. The van der Waals surface area contributed by atoms with Crippen molar-refractivity contribution in [2.24, 2.45) is 5.92 Å². The number of piperidine rings is 1. The zero-order valence-electron chi connectivity index (χ0n) is 11.8. The van der Waals surface area contributed by atoms with Crippen LogP contribution in [-0.2, 0) is 15.0 Å². The van der Waals surface area contributed by atoms with Gasteiger partial charge in [0.25, 0.3) is 0 Å². The van der Waals surface area contributed by atoms with Gasteiger partial charge in [-0.1, -0.05) is 0 Å². The maximum Gasteiger partial charge on any atom is 0.307 e. The highest BCUT2D eigenvalue weighted by atomic mass is 32.2. The number of anilines is 1. The summed E-state index contributed by atoms with van der Waals surface area (Å²) >= 11 is 0. The van der Waals surface area contributed by atoms with Gasteiger partial charge in [0.2, 0.25) is 0 Å². The molecule has 0 amide bonds. The lowest BCUT2D eigenvalue weighted by atomic mass is 10.0. The van der Waals surface area contributed by atoms with E-state index < -0.39 is 22.1 Å². The fourth-order valence-electron chi connectivity index (χ4n) is 2.48. The van der Waals surface area contributed by atoms with E-state index in [-0.39, 0.29) is 13.1 Å². The second kappa shape index (κ2) is 6.40. The monoisotopic (exact) mass is 313 g/mol. The van der Waals surface area contributed by atoms with Crippen molar-refractivity contribution in [3.05, 3.63) is 24.5 Å². The van der Waals surface area contributed by atoms with Crippen molar-refractivity contribution >= 4 is 21.9 Å².